The number of carbonyl (C=O) groups excluding carboxylic acids is 2. The number of benzene rings is 3. The van der Waals surface area contributed by atoms with Crippen LogP contribution in [0.4, 0.5) is 5.69 Å². The van der Waals surface area contributed by atoms with Crippen LogP contribution in [0.3, 0.4) is 0 Å². The van der Waals surface area contributed by atoms with Crippen molar-refractivity contribution in [1.82, 2.24) is 10.4 Å². The zero-order valence-corrected chi connectivity index (χ0v) is 22.8. The first kappa shape index (κ1) is 24.7. The number of hydrazone groups is 1. The van der Waals surface area contributed by atoms with Gasteiger partial charge in [-0.05, 0) is 28.3 Å². The number of rotatable bonds is 6. The number of aromatic amines is 1. The van der Waals surface area contributed by atoms with E-state index < -0.39 is 15.4 Å². The van der Waals surface area contributed by atoms with Gasteiger partial charge in [0, 0.05) is 29.1 Å². The average molecular weight is 511 g/mol. The predicted molar refractivity (Wildman–Crippen MR) is 150 cm³/mol. The summed E-state index contributed by atoms with van der Waals surface area (Å²) >= 11 is 0. The molecule has 188 valence electrons. The Morgan fingerprint density at radius 2 is 1.59 bits per heavy atom. The minimum atomic E-state index is -1.08. The van der Waals surface area contributed by atoms with E-state index in [1.807, 2.05) is 42.5 Å². The van der Waals surface area contributed by atoms with Crippen molar-refractivity contribution in [3.63, 3.8) is 0 Å². The molecule has 0 unspecified atom stereocenters. The van der Waals surface area contributed by atoms with Crippen molar-refractivity contribution in [3.05, 3.63) is 101 Å². The lowest BCUT2D eigenvalue weighted by atomic mass is 9.81. The standard InChI is InChI=1S/C29H30N4O3Si/c1-18(34)31-21-15-22-25-23(17-30-33-27(22)35)26(32-24(25)16-21)29(36-37-28(2,3)4,19-11-7-5-8-12-19)20-13-9-6-10-14-20/h5-17,32H,37H2,1-4H3,(H,31,34)(H,33,35). The number of nitrogens with zero attached hydrogens (tertiary/aromatic N) is 1. The van der Waals surface area contributed by atoms with Gasteiger partial charge in [0.2, 0.25) is 5.91 Å². The number of amides is 2. The van der Waals surface area contributed by atoms with Gasteiger partial charge in [-0.25, -0.2) is 5.43 Å². The highest BCUT2D eigenvalue weighted by atomic mass is 28.2. The molecule has 3 N–H and O–H groups in total. The van der Waals surface area contributed by atoms with E-state index in [4.69, 9.17) is 4.43 Å². The van der Waals surface area contributed by atoms with Gasteiger partial charge in [-0.2, -0.15) is 5.10 Å². The van der Waals surface area contributed by atoms with Gasteiger partial charge in [0.05, 0.1) is 17.5 Å². The van der Waals surface area contributed by atoms with Gasteiger partial charge in [-0.1, -0.05) is 81.4 Å². The second-order valence-electron chi connectivity index (χ2n) is 10.5. The molecule has 4 aromatic rings. The van der Waals surface area contributed by atoms with Crippen LogP contribution in [0.2, 0.25) is 5.04 Å². The maximum atomic E-state index is 13.0. The Labute approximate surface area is 218 Å². The lowest BCUT2D eigenvalue weighted by molar-refractivity contribution is -0.114. The zero-order chi connectivity index (χ0) is 26.2. The molecule has 0 saturated heterocycles. The minimum Gasteiger partial charge on any atom is -0.405 e. The SMILES string of the molecule is CC(=O)Nc1cc2c3c(c(C(O[SiH2]C(C)(C)C)(c4ccccc4)c4ccccc4)[nH]c3c1)C=NNC2=O. The average Bonchev–Trinajstić information content (AvgIpc) is 3.13. The minimum absolute atomic E-state index is 0.0181. The van der Waals surface area contributed by atoms with Crippen LogP contribution in [-0.2, 0) is 14.8 Å². The molecule has 0 spiro atoms. The molecular weight excluding hydrogens is 480 g/mol. The van der Waals surface area contributed by atoms with Gasteiger partial charge in [0.1, 0.15) is 5.60 Å². The predicted octanol–water partition coefficient (Wildman–Crippen LogP) is 4.81. The van der Waals surface area contributed by atoms with E-state index in [0.29, 0.717) is 16.8 Å². The van der Waals surface area contributed by atoms with Gasteiger partial charge in [-0.15, -0.1) is 0 Å². The number of hydrogen-bond acceptors (Lipinski definition) is 4. The van der Waals surface area contributed by atoms with Crippen LogP contribution >= 0.6 is 0 Å². The van der Waals surface area contributed by atoms with E-state index in [-0.39, 0.29) is 16.9 Å². The molecule has 2 amide bonds. The molecule has 0 saturated carbocycles. The molecule has 8 heteroatoms. The molecule has 0 atom stereocenters. The van der Waals surface area contributed by atoms with Crippen molar-refractivity contribution >= 4 is 44.4 Å². The lowest BCUT2D eigenvalue weighted by Gasteiger charge is -2.38. The summed E-state index contributed by atoms with van der Waals surface area (Å²) < 4.78 is 7.12. The highest BCUT2D eigenvalue weighted by Crippen LogP contribution is 2.45. The van der Waals surface area contributed by atoms with Crippen molar-refractivity contribution in [2.75, 3.05) is 5.32 Å². The Morgan fingerprint density at radius 3 is 2.16 bits per heavy atom. The molecule has 1 aromatic heterocycles. The number of carbonyl (C=O) groups is 2. The number of hydrogen-bond donors (Lipinski definition) is 3. The first-order valence-electron chi connectivity index (χ1n) is 12.3. The third-order valence-corrected chi connectivity index (χ3v) is 7.74. The molecule has 2 heterocycles. The number of anilines is 1. The largest absolute Gasteiger partial charge is 0.405 e. The van der Waals surface area contributed by atoms with Crippen molar-refractivity contribution < 1.29 is 14.0 Å². The number of nitrogens with one attached hydrogen (secondary N) is 3. The van der Waals surface area contributed by atoms with E-state index in [1.54, 1.807) is 12.3 Å². The topological polar surface area (TPSA) is 95.6 Å². The van der Waals surface area contributed by atoms with Crippen molar-refractivity contribution in [2.45, 2.75) is 38.3 Å². The fourth-order valence-electron chi connectivity index (χ4n) is 4.80. The van der Waals surface area contributed by atoms with Crippen LogP contribution < -0.4 is 10.7 Å². The van der Waals surface area contributed by atoms with Crippen molar-refractivity contribution in [2.24, 2.45) is 5.10 Å². The second kappa shape index (κ2) is 9.46. The lowest BCUT2D eigenvalue weighted by Crippen LogP contribution is -2.37. The molecule has 5 rings (SSSR count). The van der Waals surface area contributed by atoms with Crippen LogP contribution in [0.15, 0.2) is 77.9 Å². The molecule has 37 heavy (non-hydrogen) atoms. The third-order valence-electron chi connectivity index (χ3n) is 6.30. The molecule has 1 aliphatic heterocycles. The summed E-state index contributed by atoms with van der Waals surface area (Å²) in [5.41, 5.74) is 6.82. The Balaban J connectivity index is 1.88. The molecule has 0 bridgehead atoms. The van der Waals surface area contributed by atoms with Gasteiger partial charge < -0.3 is 14.7 Å². The number of aromatic nitrogens is 1. The summed E-state index contributed by atoms with van der Waals surface area (Å²) in [5, 5.41) is 7.81. The van der Waals surface area contributed by atoms with Crippen molar-refractivity contribution in [1.29, 1.82) is 0 Å². The van der Waals surface area contributed by atoms with Crippen LogP contribution in [0.5, 0.6) is 0 Å². The Hall–Kier alpha value is -4.01. The van der Waals surface area contributed by atoms with Crippen LogP contribution in [-0.4, -0.2) is 32.8 Å². The molecule has 0 radical (unpaired) electrons. The summed E-state index contributed by atoms with van der Waals surface area (Å²) in [7, 11) is -1.08. The molecule has 3 aromatic carbocycles. The van der Waals surface area contributed by atoms with Crippen LogP contribution in [0.25, 0.3) is 10.9 Å². The summed E-state index contributed by atoms with van der Waals surface area (Å²) in [5.74, 6) is -0.556. The first-order valence-corrected chi connectivity index (χ1v) is 13.5. The van der Waals surface area contributed by atoms with Gasteiger partial charge in [0.15, 0.2) is 9.76 Å². The van der Waals surface area contributed by atoms with E-state index in [9.17, 15) is 9.59 Å². The zero-order valence-electron chi connectivity index (χ0n) is 21.4. The molecular formula is C29H30N4O3Si. The van der Waals surface area contributed by atoms with E-state index in [2.05, 4.69) is 65.9 Å². The Bertz CT molecular complexity index is 1470. The molecule has 0 fully saturated rings. The molecule has 1 aliphatic rings. The van der Waals surface area contributed by atoms with Crippen LogP contribution in [0, 0.1) is 0 Å². The smallest absolute Gasteiger partial charge is 0.272 e. The van der Waals surface area contributed by atoms with Gasteiger partial charge in [-0.3, -0.25) is 9.59 Å². The summed E-state index contributed by atoms with van der Waals surface area (Å²) in [6, 6.07) is 23.8. The summed E-state index contributed by atoms with van der Waals surface area (Å²) in [4.78, 5) is 28.4. The normalized spacial score (nSPS) is 13.7. The Kier molecular flexibility index (Phi) is 6.31. The fourth-order valence-corrected chi connectivity index (χ4v) is 5.93. The first-order chi connectivity index (χ1) is 17.7. The van der Waals surface area contributed by atoms with Gasteiger partial charge >= 0.3 is 0 Å². The fraction of sp³-hybridized carbons (Fsp3) is 0.207. The van der Waals surface area contributed by atoms with E-state index in [1.165, 1.54) is 6.92 Å². The quantitative estimate of drug-likeness (QED) is 0.325. The second-order valence-corrected chi connectivity index (χ2v) is 13.2. The van der Waals surface area contributed by atoms with E-state index in [0.717, 1.165) is 27.8 Å². The molecule has 0 aliphatic carbocycles. The van der Waals surface area contributed by atoms with E-state index >= 15 is 0 Å². The highest BCUT2D eigenvalue weighted by molar-refractivity contribution is 6.32. The van der Waals surface area contributed by atoms with Crippen LogP contribution in [0.1, 0.15) is 60.4 Å². The highest BCUT2D eigenvalue weighted by Gasteiger charge is 2.42. The monoisotopic (exact) mass is 510 g/mol. The van der Waals surface area contributed by atoms with Crippen molar-refractivity contribution in [3.8, 4) is 0 Å². The Morgan fingerprint density at radius 1 is 0.973 bits per heavy atom. The summed E-state index contributed by atoms with van der Waals surface area (Å²) in [6.45, 7) is 8.03. The maximum Gasteiger partial charge on any atom is 0.272 e. The van der Waals surface area contributed by atoms with Gasteiger partial charge in [0.25, 0.3) is 5.91 Å². The number of H-pyrrole nitrogens is 1. The maximum absolute atomic E-state index is 13.0. The summed E-state index contributed by atoms with van der Waals surface area (Å²) in [6.07, 6.45) is 1.68. The third kappa shape index (κ3) is 4.61. The molecule has 7 nitrogen and oxygen atoms in total.